The molecule has 1 atom stereocenters. The van der Waals surface area contributed by atoms with Gasteiger partial charge in [0, 0.05) is 50.2 Å². The minimum absolute atomic E-state index is 0.251. The van der Waals surface area contributed by atoms with Crippen molar-refractivity contribution in [2.45, 2.75) is 32.5 Å². The first-order chi connectivity index (χ1) is 12.2. The van der Waals surface area contributed by atoms with E-state index >= 15 is 0 Å². The summed E-state index contributed by atoms with van der Waals surface area (Å²) in [5.74, 6) is 0.947. The molecule has 1 N–H and O–H groups in total. The zero-order chi connectivity index (χ0) is 17.6. The van der Waals surface area contributed by atoms with Crippen molar-refractivity contribution < 1.29 is 9.84 Å². The zero-order valence-corrected chi connectivity index (χ0v) is 16.0. The maximum atomic E-state index is 9.48. The van der Waals surface area contributed by atoms with E-state index in [0.717, 1.165) is 44.9 Å². The van der Waals surface area contributed by atoms with Crippen LogP contribution in [-0.2, 0) is 13.1 Å². The maximum Gasteiger partial charge on any atom is 0.121 e. The first-order valence-corrected chi connectivity index (χ1v) is 9.80. The summed E-state index contributed by atoms with van der Waals surface area (Å²) in [5.41, 5.74) is 2.51. The molecule has 0 amide bonds. The highest BCUT2D eigenvalue weighted by Gasteiger charge is 2.26. The van der Waals surface area contributed by atoms with Gasteiger partial charge >= 0.3 is 0 Å². The van der Waals surface area contributed by atoms with Crippen LogP contribution < -0.4 is 4.74 Å². The number of aliphatic hydroxyl groups is 1. The molecule has 1 aromatic heterocycles. The molecule has 5 heteroatoms. The zero-order valence-electron chi connectivity index (χ0n) is 15.1. The molecule has 25 heavy (non-hydrogen) atoms. The van der Waals surface area contributed by atoms with Gasteiger partial charge in [-0.1, -0.05) is 18.2 Å². The fourth-order valence-electron chi connectivity index (χ4n) is 3.63. The lowest BCUT2D eigenvalue weighted by Gasteiger charge is -2.41. The number of thiophene rings is 1. The van der Waals surface area contributed by atoms with Crippen molar-refractivity contribution in [1.82, 2.24) is 9.80 Å². The molecule has 1 aliphatic heterocycles. The van der Waals surface area contributed by atoms with Crippen LogP contribution in [0.3, 0.4) is 0 Å². The maximum absolute atomic E-state index is 9.48. The Labute approximate surface area is 154 Å². The van der Waals surface area contributed by atoms with E-state index in [2.05, 4.69) is 52.4 Å². The molecule has 2 aromatic rings. The van der Waals surface area contributed by atoms with Crippen molar-refractivity contribution in [1.29, 1.82) is 0 Å². The third-order valence-corrected chi connectivity index (χ3v) is 5.82. The smallest absolute Gasteiger partial charge is 0.121 e. The van der Waals surface area contributed by atoms with Gasteiger partial charge in [0.15, 0.2) is 0 Å². The summed E-state index contributed by atoms with van der Waals surface area (Å²) in [6, 6.07) is 11.2. The summed E-state index contributed by atoms with van der Waals surface area (Å²) >= 11 is 1.82. The SMILES string of the molecule is COc1ccc(CN2CCN(Cc3cccs3)C(CCO)C2)cc1C. The van der Waals surface area contributed by atoms with E-state index in [4.69, 9.17) is 4.74 Å². The minimum Gasteiger partial charge on any atom is -0.496 e. The quantitative estimate of drug-likeness (QED) is 0.823. The molecule has 0 bridgehead atoms. The Bertz CT molecular complexity index is 660. The largest absolute Gasteiger partial charge is 0.496 e. The van der Waals surface area contributed by atoms with Gasteiger partial charge in [0.05, 0.1) is 7.11 Å². The Balaban J connectivity index is 1.62. The average molecular weight is 361 g/mol. The molecule has 3 rings (SSSR count). The van der Waals surface area contributed by atoms with Gasteiger partial charge in [-0.05, 0) is 42.0 Å². The van der Waals surface area contributed by atoms with E-state index in [9.17, 15) is 5.11 Å². The second-order valence-corrected chi connectivity index (χ2v) is 7.79. The van der Waals surface area contributed by atoms with E-state index in [0.29, 0.717) is 6.04 Å². The molecule has 0 radical (unpaired) electrons. The van der Waals surface area contributed by atoms with Gasteiger partial charge in [0.1, 0.15) is 5.75 Å². The second-order valence-electron chi connectivity index (χ2n) is 6.76. The number of piperazine rings is 1. The van der Waals surface area contributed by atoms with Gasteiger partial charge in [-0.15, -0.1) is 11.3 Å². The van der Waals surface area contributed by atoms with Crippen molar-refractivity contribution in [3.63, 3.8) is 0 Å². The van der Waals surface area contributed by atoms with Crippen LogP contribution in [-0.4, -0.2) is 54.3 Å². The highest BCUT2D eigenvalue weighted by atomic mass is 32.1. The van der Waals surface area contributed by atoms with E-state index in [1.165, 1.54) is 16.0 Å². The Hall–Kier alpha value is -1.40. The predicted octanol–water partition coefficient (Wildman–Crippen LogP) is 3.13. The molecule has 1 aromatic carbocycles. The van der Waals surface area contributed by atoms with Crippen molar-refractivity contribution >= 4 is 11.3 Å². The minimum atomic E-state index is 0.251. The first kappa shape index (κ1) is 18.4. The molecule has 0 saturated carbocycles. The van der Waals surface area contributed by atoms with Gasteiger partial charge in [-0.25, -0.2) is 0 Å². The summed E-state index contributed by atoms with van der Waals surface area (Å²) in [7, 11) is 1.72. The average Bonchev–Trinajstić information content (AvgIpc) is 3.11. The molecule has 1 saturated heterocycles. The van der Waals surface area contributed by atoms with Crippen LogP contribution in [0.2, 0.25) is 0 Å². The summed E-state index contributed by atoms with van der Waals surface area (Å²) in [6.45, 7) is 7.43. The number of aryl methyl sites for hydroxylation is 1. The van der Waals surface area contributed by atoms with Crippen molar-refractivity contribution in [2.75, 3.05) is 33.4 Å². The Morgan fingerprint density at radius 3 is 2.80 bits per heavy atom. The summed E-state index contributed by atoms with van der Waals surface area (Å²) in [6.07, 6.45) is 0.837. The van der Waals surface area contributed by atoms with Crippen molar-refractivity contribution in [2.24, 2.45) is 0 Å². The fourth-order valence-corrected chi connectivity index (χ4v) is 4.36. The predicted molar refractivity (Wildman–Crippen MR) is 103 cm³/mol. The Morgan fingerprint density at radius 2 is 2.12 bits per heavy atom. The summed E-state index contributed by atoms with van der Waals surface area (Å²) < 4.78 is 5.36. The third-order valence-electron chi connectivity index (χ3n) is 4.96. The number of hydrogen-bond acceptors (Lipinski definition) is 5. The molecule has 0 spiro atoms. The Morgan fingerprint density at radius 1 is 1.24 bits per heavy atom. The number of aliphatic hydroxyl groups excluding tert-OH is 1. The molecule has 136 valence electrons. The van der Waals surface area contributed by atoms with Crippen LogP contribution in [0.25, 0.3) is 0 Å². The van der Waals surface area contributed by atoms with E-state index in [1.807, 2.05) is 11.3 Å². The second kappa shape index (κ2) is 8.81. The fraction of sp³-hybridized carbons (Fsp3) is 0.500. The molecule has 1 aliphatic rings. The number of benzene rings is 1. The van der Waals surface area contributed by atoms with Crippen LogP contribution in [0.1, 0.15) is 22.4 Å². The highest BCUT2D eigenvalue weighted by Crippen LogP contribution is 2.22. The van der Waals surface area contributed by atoms with Gasteiger partial charge < -0.3 is 9.84 Å². The molecular formula is C20H28N2O2S. The molecule has 1 unspecified atom stereocenters. The van der Waals surface area contributed by atoms with Gasteiger partial charge in [0.2, 0.25) is 0 Å². The standard InChI is InChI=1S/C20H28N2O2S/c1-16-12-17(5-6-20(16)24-2)13-21-8-9-22(18(14-21)7-10-23)15-19-4-3-11-25-19/h3-6,11-12,18,23H,7-10,13-15H2,1-2H3. The lowest BCUT2D eigenvalue weighted by molar-refractivity contribution is 0.0506. The highest BCUT2D eigenvalue weighted by molar-refractivity contribution is 7.09. The number of nitrogens with zero attached hydrogens (tertiary/aromatic N) is 2. The topological polar surface area (TPSA) is 35.9 Å². The number of hydrogen-bond donors (Lipinski definition) is 1. The number of ether oxygens (including phenoxy) is 1. The molecule has 1 fully saturated rings. The number of methoxy groups -OCH3 is 1. The van der Waals surface area contributed by atoms with Crippen LogP contribution in [0.5, 0.6) is 5.75 Å². The van der Waals surface area contributed by atoms with Crippen LogP contribution in [0, 0.1) is 6.92 Å². The molecule has 0 aliphatic carbocycles. The van der Waals surface area contributed by atoms with E-state index in [1.54, 1.807) is 7.11 Å². The van der Waals surface area contributed by atoms with Gasteiger partial charge in [-0.3, -0.25) is 9.80 Å². The monoisotopic (exact) mass is 360 g/mol. The van der Waals surface area contributed by atoms with Crippen LogP contribution >= 0.6 is 11.3 Å². The number of rotatable bonds is 7. The van der Waals surface area contributed by atoms with Crippen molar-refractivity contribution in [3.05, 3.63) is 51.7 Å². The normalized spacial score (nSPS) is 19.2. The third kappa shape index (κ3) is 4.82. The molecular weight excluding hydrogens is 332 g/mol. The van der Waals surface area contributed by atoms with Crippen LogP contribution in [0.4, 0.5) is 0 Å². The summed E-state index contributed by atoms with van der Waals surface area (Å²) in [4.78, 5) is 6.44. The van der Waals surface area contributed by atoms with Crippen molar-refractivity contribution in [3.8, 4) is 5.75 Å². The van der Waals surface area contributed by atoms with Gasteiger partial charge in [-0.2, -0.15) is 0 Å². The summed E-state index contributed by atoms with van der Waals surface area (Å²) in [5, 5.41) is 11.6. The first-order valence-electron chi connectivity index (χ1n) is 8.92. The molecule has 2 heterocycles. The molecule has 4 nitrogen and oxygen atoms in total. The lowest BCUT2D eigenvalue weighted by atomic mass is 10.1. The van der Waals surface area contributed by atoms with E-state index < -0.39 is 0 Å². The van der Waals surface area contributed by atoms with Gasteiger partial charge in [0.25, 0.3) is 0 Å². The van der Waals surface area contributed by atoms with Crippen LogP contribution in [0.15, 0.2) is 35.7 Å². The Kier molecular flexibility index (Phi) is 6.48. The lowest BCUT2D eigenvalue weighted by Crippen LogP contribution is -2.52. The van der Waals surface area contributed by atoms with E-state index in [-0.39, 0.29) is 6.61 Å².